The number of ether oxygens (including phenoxy) is 3. The van der Waals surface area contributed by atoms with Gasteiger partial charge in [-0.3, -0.25) is 4.79 Å². The first-order valence-corrected chi connectivity index (χ1v) is 12.7. The van der Waals surface area contributed by atoms with Crippen LogP contribution in [-0.2, 0) is 26.3 Å². The number of unbranched alkanes of at least 4 members (excludes halogenated alkanes) is 1. The van der Waals surface area contributed by atoms with E-state index in [1.165, 1.54) is 0 Å². The number of carbonyl (C=O) groups is 2. The van der Waals surface area contributed by atoms with Gasteiger partial charge in [0.1, 0.15) is 23.0 Å². The van der Waals surface area contributed by atoms with Crippen LogP contribution >= 0.6 is 0 Å². The Morgan fingerprint density at radius 2 is 1.75 bits per heavy atom. The maximum atomic E-state index is 13.7. The fourth-order valence-electron chi connectivity index (χ4n) is 4.43. The number of nitrogens with one attached hydrogen (secondary N) is 1. The summed E-state index contributed by atoms with van der Waals surface area (Å²) < 4.78 is 17.1. The Bertz CT molecular complexity index is 1020. The first-order chi connectivity index (χ1) is 17.1. The zero-order valence-corrected chi connectivity index (χ0v) is 22.4. The number of alkyl carbamates (subject to hydrolysis) is 1. The summed E-state index contributed by atoms with van der Waals surface area (Å²) in [6.45, 7) is 11.1. The number of nitrogens with zero attached hydrogens (tertiary/aromatic N) is 1. The number of hydrogen-bond acceptors (Lipinski definition) is 5. The summed E-state index contributed by atoms with van der Waals surface area (Å²) in [6.07, 6.45) is 1.73. The number of aryl methyl sites for hydroxylation is 1. The minimum atomic E-state index is -0.765. The van der Waals surface area contributed by atoms with Crippen molar-refractivity contribution in [2.24, 2.45) is 0 Å². The predicted octanol–water partition coefficient (Wildman–Crippen LogP) is 4.99. The van der Waals surface area contributed by atoms with Gasteiger partial charge in [0.25, 0.3) is 0 Å². The molecule has 1 atom stereocenters. The Labute approximate surface area is 215 Å². The monoisotopic (exact) mass is 496 g/mol. The molecule has 0 spiro atoms. The average molecular weight is 497 g/mol. The average Bonchev–Trinajstić information content (AvgIpc) is 2.80. The molecule has 1 fully saturated rings. The number of benzene rings is 2. The first-order valence-electron chi connectivity index (χ1n) is 12.7. The van der Waals surface area contributed by atoms with E-state index in [-0.39, 0.29) is 5.91 Å². The Morgan fingerprint density at radius 1 is 1.08 bits per heavy atom. The van der Waals surface area contributed by atoms with Gasteiger partial charge in [0.2, 0.25) is 5.91 Å². The molecule has 1 saturated heterocycles. The van der Waals surface area contributed by atoms with E-state index in [1.807, 2.05) is 36.4 Å². The normalized spacial score (nSPS) is 15.6. The molecule has 0 radical (unpaired) electrons. The zero-order chi connectivity index (χ0) is 26.3. The van der Waals surface area contributed by atoms with Crippen LogP contribution in [0.4, 0.5) is 4.79 Å². The van der Waals surface area contributed by atoms with Gasteiger partial charge in [-0.2, -0.15) is 0 Å². The molecular formula is C29H40N2O5. The van der Waals surface area contributed by atoms with Gasteiger partial charge < -0.3 is 24.4 Å². The third-order valence-corrected chi connectivity index (χ3v) is 6.30. The molecule has 1 heterocycles. The van der Waals surface area contributed by atoms with Crippen LogP contribution in [-0.4, -0.2) is 55.3 Å². The topological polar surface area (TPSA) is 77.1 Å². The van der Waals surface area contributed by atoms with Gasteiger partial charge in [-0.25, -0.2) is 4.79 Å². The van der Waals surface area contributed by atoms with Gasteiger partial charge in [0, 0.05) is 13.0 Å². The number of rotatable bonds is 10. The summed E-state index contributed by atoms with van der Waals surface area (Å²) in [5.41, 5.74) is 1.96. The number of amides is 2. The lowest BCUT2D eigenvalue weighted by molar-refractivity contribution is -0.175. The Hall–Kier alpha value is -3.06. The van der Waals surface area contributed by atoms with E-state index in [1.54, 1.807) is 32.8 Å². The fourth-order valence-corrected chi connectivity index (χ4v) is 4.43. The molecule has 2 amide bonds. The van der Waals surface area contributed by atoms with Crippen LogP contribution in [0.25, 0.3) is 0 Å². The molecule has 1 N–H and O–H groups in total. The third-order valence-electron chi connectivity index (χ3n) is 6.30. The van der Waals surface area contributed by atoms with Crippen LogP contribution in [0.2, 0.25) is 0 Å². The van der Waals surface area contributed by atoms with Gasteiger partial charge in [0.15, 0.2) is 0 Å². The highest BCUT2D eigenvalue weighted by molar-refractivity contribution is 5.87. The highest BCUT2D eigenvalue weighted by atomic mass is 16.6. The number of likely N-dealkylation sites (tertiary alicyclic amines) is 1. The molecule has 0 unspecified atom stereocenters. The maximum Gasteiger partial charge on any atom is 0.408 e. The predicted molar refractivity (Wildman–Crippen MR) is 140 cm³/mol. The highest BCUT2D eigenvalue weighted by Crippen LogP contribution is 2.38. The lowest BCUT2D eigenvalue weighted by Crippen LogP contribution is -2.66. The SMILES string of the molecule is CCCCOC1(c2ccccc2C)CN(C(=O)[C@@H](Cc2ccc(OC)cc2)NC(=O)OC(C)(C)C)C1. The van der Waals surface area contributed by atoms with Crippen molar-refractivity contribution in [1.29, 1.82) is 0 Å². The van der Waals surface area contributed by atoms with Crippen LogP contribution in [0.15, 0.2) is 48.5 Å². The summed E-state index contributed by atoms with van der Waals surface area (Å²) in [6, 6.07) is 14.9. The number of methoxy groups -OCH3 is 1. The van der Waals surface area contributed by atoms with Crippen LogP contribution in [0.3, 0.4) is 0 Å². The van der Waals surface area contributed by atoms with Crippen molar-refractivity contribution in [3.8, 4) is 5.75 Å². The van der Waals surface area contributed by atoms with Crippen molar-refractivity contribution >= 4 is 12.0 Å². The van der Waals surface area contributed by atoms with Crippen molar-refractivity contribution in [3.63, 3.8) is 0 Å². The Balaban J connectivity index is 1.79. The molecule has 0 saturated carbocycles. The summed E-state index contributed by atoms with van der Waals surface area (Å²) in [5, 5.41) is 2.81. The smallest absolute Gasteiger partial charge is 0.408 e. The van der Waals surface area contributed by atoms with E-state index in [0.717, 1.165) is 35.3 Å². The second-order valence-corrected chi connectivity index (χ2v) is 10.5. The Kier molecular flexibility index (Phi) is 9.01. The fraction of sp³-hybridized carbons (Fsp3) is 0.517. The summed E-state index contributed by atoms with van der Waals surface area (Å²) >= 11 is 0. The quantitative estimate of drug-likeness (QED) is 0.469. The Morgan fingerprint density at radius 3 is 2.33 bits per heavy atom. The van der Waals surface area contributed by atoms with Crippen LogP contribution in [0, 0.1) is 6.92 Å². The van der Waals surface area contributed by atoms with E-state index in [0.29, 0.717) is 26.1 Å². The van der Waals surface area contributed by atoms with Gasteiger partial charge in [-0.1, -0.05) is 49.7 Å². The molecular weight excluding hydrogens is 456 g/mol. The van der Waals surface area contributed by atoms with Crippen molar-refractivity contribution in [3.05, 3.63) is 65.2 Å². The van der Waals surface area contributed by atoms with E-state index in [4.69, 9.17) is 14.2 Å². The number of hydrogen-bond donors (Lipinski definition) is 1. The molecule has 36 heavy (non-hydrogen) atoms. The summed E-state index contributed by atoms with van der Waals surface area (Å²) in [5.74, 6) is 0.580. The minimum Gasteiger partial charge on any atom is -0.497 e. The van der Waals surface area contributed by atoms with E-state index >= 15 is 0 Å². The lowest BCUT2D eigenvalue weighted by Gasteiger charge is -2.51. The molecule has 7 heteroatoms. The first kappa shape index (κ1) is 27.5. The van der Waals surface area contributed by atoms with E-state index < -0.39 is 23.3 Å². The molecule has 2 aromatic carbocycles. The summed E-state index contributed by atoms with van der Waals surface area (Å²) in [7, 11) is 1.61. The largest absolute Gasteiger partial charge is 0.497 e. The third kappa shape index (κ3) is 7.00. The van der Waals surface area contributed by atoms with Crippen molar-refractivity contribution < 1.29 is 23.8 Å². The van der Waals surface area contributed by atoms with Crippen molar-refractivity contribution in [1.82, 2.24) is 10.2 Å². The minimum absolute atomic E-state index is 0.153. The molecule has 0 aliphatic carbocycles. The van der Waals surface area contributed by atoms with Crippen LogP contribution in [0.5, 0.6) is 5.75 Å². The molecule has 196 valence electrons. The second-order valence-electron chi connectivity index (χ2n) is 10.5. The van der Waals surface area contributed by atoms with E-state index in [9.17, 15) is 9.59 Å². The molecule has 2 aromatic rings. The summed E-state index contributed by atoms with van der Waals surface area (Å²) in [4.78, 5) is 28.0. The molecule has 7 nitrogen and oxygen atoms in total. The van der Waals surface area contributed by atoms with Gasteiger partial charge in [-0.05, 0) is 62.9 Å². The molecule has 0 bridgehead atoms. The second kappa shape index (κ2) is 11.8. The van der Waals surface area contributed by atoms with Gasteiger partial charge >= 0.3 is 6.09 Å². The van der Waals surface area contributed by atoms with Crippen LogP contribution in [0.1, 0.15) is 57.2 Å². The zero-order valence-electron chi connectivity index (χ0n) is 22.4. The standard InChI is InChI=1S/C29H40N2O5/c1-7-8-17-35-29(24-12-10-9-11-21(24)2)19-31(20-29)26(32)25(30-27(33)36-28(3,4)5)18-22-13-15-23(34-6)16-14-22/h9-16,25H,7-8,17-20H2,1-6H3,(H,30,33)/t25-/m1/s1. The van der Waals surface area contributed by atoms with Crippen LogP contribution < -0.4 is 10.1 Å². The molecule has 1 aliphatic heterocycles. The molecule has 1 aliphatic rings. The van der Waals surface area contributed by atoms with E-state index in [2.05, 4.69) is 31.3 Å². The molecule has 3 rings (SSSR count). The van der Waals surface area contributed by atoms with Crippen molar-refractivity contribution in [2.45, 2.75) is 71.1 Å². The number of carbonyl (C=O) groups excluding carboxylic acids is 2. The molecule has 0 aromatic heterocycles. The van der Waals surface area contributed by atoms with Gasteiger partial charge in [0.05, 0.1) is 20.2 Å². The highest BCUT2D eigenvalue weighted by Gasteiger charge is 2.49. The maximum absolute atomic E-state index is 13.7. The lowest BCUT2D eigenvalue weighted by atomic mass is 9.82. The van der Waals surface area contributed by atoms with Gasteiger partial charge in [-0.15, -0.1) is 0 Å². The van der Waals surface area contributed by atoms with Crippen molar-refractivity contribution in [2.75, 3.05) is 26.8 Å².